The number of carbonyl (C=O) groups excluding carboxylic acids is 2. The van der Waals surface area contributed by atoms with Crippen LogP contribution >= 0.6 is 0 Å². The molecule has 2 aliphatic rings. The lowest BCUT2D eigenvalue weighted by Gasteiger charge is -2.45. The molecule has 0 spiro atoms. The molecule has 2 fully saturated rings. The average molecular weight is 418 g/mol. The van der Waals surface area contributed by atoms with Crippen LogP contribution in [-0.4, -0.2) is 71.1 Å². The summed E-state index contributed by atoms with van der Waals surface area (Å²) in [5, 5.41) is 11.6. The van der Waals surface area contributed by atoms with E-state index in [9.17, 15) is 19.7 Å². The molecule has 2 heterocycles. The van der Waals surface area contributed by atoms with Crippen molar-refractivity contribution >= 4 is 23.4 Å². The number of hydrogen-bond acceptors (Lipinski definition) is 6. The number of hydrogen-bond donors (Lipinski definition) is 0. The van der Waals surface area contributed by atoms with Crippen molar-refractivity contribution in [2.75, 3.05) is 37.6 Å². The first kappa shape index (κ1) is 21.9. The van der Waals surface area contributed by atoms with E-state index in [-0.39, 0.29) is 17.6 Å². The van der Waals surface area contributed by atoms with E-state index in [1.165, 1.54) is 6.07 Å². The van der Waals surface area contributed by atoms with Crippen LogP contribution in [0.2, 0.25) is 0 Å². The minimum Gasteiger partial charge on any atom is -0.444 e. The number of amides is 2. The average Bonchev–Trinajstić information content (AvgIpc) is 3.16. The van der Waals surface area contributed by atoms with Crippen LogP contribution in [0, 0.1) is 10.1 Å². The van der Waals surface area contributed by atoms with Crippen LogP contribution in [0.1, 0.15) is 50.9 Å². The number of anilines is 1. The highest BCUT2D eigenvalue weighted by Gasteiger charge is 2.39. The molecule has 0 saturated carbocycles. The first-order chi connectivity index (χ1) is 14.1. The summed E-state index contributed by atoms with van der Waals surface area (Å²) in [7, 11) is 0. The molecule has 0 atom stereocenters. The fourth-order valence-corrected chi connectivity index (χ4v) is 3.89. The molecule has 0 radical (unpaired) electrons. The summed E-state index contributed by atoms with van der Waals surface area (Å²) in [5.41, 5.74) is 0.250. The molecule has 1 aromatic rings. The van der Waals surface area contributed by atoms with Gasteiger partial charge in [0.1, 0.15) is 11.3 Å². The van der Waals surface area contributed by atoms with E-state index >= 15 is 0 Å². The molecule has 30 heavy (non-hydrogen) atoms. The Bertz CT molecular complexity index is 823. The Balaban J connectivity index is 1.71. The van der Waals surface area contributed by atoms with Gasteiger partial charge in [0, 0.05) is 44.4 Å². The third-order valence-corrected chi connectivity index (χ3v) is 5.42. The number of ether oxygens (including phenoxy) is 1. The van der Waals surface area contributed by atoms with Crippen molar-refractivity contribution in [1.29, 1.82) is 0 Å². The Hall–Kier alpha value is -2.84. The van der Waals surface area contributed by atoms with E-state index in [2.05, 4.69) is 0 Å². The molecule has 2 amide bonds. The number of nitro benzene ring substituents is 1. The Morgan fingerprint density at radius 3 is 2.40 bits per heavy atom. The number of benzene rings is 1. The van der Waals surface area contributed by atoms with Gasteiger partial charge in [0.05, 0.1) is 11.0 Å². The lowest BCUT2D eigenvalue weighted by atomic mass is 10.0. The number of nitrogens with zero attached hydrogens (tertiary/aromatic N) is 4. The van der Waals surface area contributed by atoms with Crippen LogP contribution in [0.3, 0.4) is 0 Å². The normalized spacial score (nSPS) is 16.9. The molecule has 0 bridgehead atoms. The first-order valence-electron chi connectivity index (χ1n) is 10.4. The smallest absolute Gasteiger partial charge is 0.410 e. The number of rotatable bonds is 5. The fraction of sp³-hybridized carbons (Fsp3) is 0.619. The van der Waals surface area contributed by atoms with Crippen molar-refractivity contribution in [2.45, 2.75) is 52.2 Å². The van der Waals surface area contributed by atoms with E-state index in [0.717, 1.165) is 25.9 Å². The Morgan fingerprint density at radius 1 is 1.23 bits per heavy atom. The van der Waals surface area contributed by atoms with Gasteiger partial charge in [-0.05, 0) is 52.7 Å². The van der Waals surface area contributed by atoms with Crippen LogP contribution in [0.5, 0.6) is 0 Å². The molecule has 0 N–H and O–H groups in total. The van der Waals surface area contributed by atoms with Crippen LogP contribution in [-0.2, 0) is 4.74 Å². The highest BCUT2D eigenvalue weighted by Crippen LogP contribution is 2.32. The van der Waals surface area contributed by atoms with Crippen molar-refractivity contribution in [2.24, 2.45) is 0 Å². The number of carbonyl (C=O) groups is 2. The molecule has 2 aliphatic heterocycles. The summed E-state index contributed by atoms with van der Waals surface area (Å²) < 4.78 is 5.36. The predicted octanol–water partition coefficient (Wildman–Crippen LogP) is 3.28. The van der Waals surface area contributed by atoms with Gasteiger partial charge in [-0.1, -0.05) is 0 Å². The van der Waals surface area contributed by atoms with Gasteiger partial charge in [-0.2, -0.15) is 0 Å². The van der Waals surface area contributed by atoms with Crippen molar-refractivity contribution < 1.29 is 19.2 Å². The minimum absolute atomic E-state index is 0.0391. The van der Waals surface area contributed by atoms with Gasteiger partial charge in [0.25, 0.3) is 11.6 Å². The summed E-state index contributed by atoms with van der Waals surface area (Å²) in [4.78, 5) is 41.6. The zero-order chi connectivity index (χ0) is 22.1. The number of likely N-dealkylation sites (N-methyl/N-ethyl adjacent to an activating group) is 1. The summed E-state index contributed by atoms with van der Waals surface area (Å²) in [6.45, 7) is 10.1. The highest BCUT2D eigenvalue weighted by molar-refractivity contribution is 5.96. The maximum Gasteiger partial charge on any atom is 0.410 e. The van der Waals surface area contributed by atoms with Crippen LogP contribution in [0.4, 0.5) is 16.2 Å². The Kier molecular flexibility index (Phi) is 6.19. The van der Waals surface area contributed by atoms with Gasteiger partial charge in [-0.25, -0.2) is 4.79 Å². The maximum atomic E-state index is 13.1. The fourth-order valence-electron chi connectivity index (χ4n) is 3.89. The van der Waals surface area contributed by atoms with Crippen LogP contribution < -0.4 is 4.90 Å². The van der Waals surface area contributed by atoms with E-state index in [0.29, 0.717) is 30.9 Å². The molecule has 0 aromatic heterocycles. The van der Waals surface area contributed by atoms with E-state index in [1.54, 1.807) is 21.9 Å². The second-order valence-electron chi connectivity index (χ2n) is 8.79. The van der Waals surface area contributed by atoms with Crippen LogP contribution in [0.15, 0.2) is 18.2 Å². The highest BCUT2D eigenvalue weighted by atomic mass is 16.6. The minimum atomic E-state index is -0.571. The third kappa shape index (κ3) is 4.66. The largest absolute Gasteiger partial charge is 0.444 e. The van der Waals surface area contributed by atoms with E-state index in [1.807, 2.05) is 32.6 Å². The molecule has 0 aliphatic carbocycles. The quantitative estimate of drug-likeness (QED) is 0.538. The number of likely N-dealkylation sites (tertiary alicyclic amines) is 1. The molecule has 9 heteroatoms. The van der Waals surface area contributed by atoms with Gasteiger partial charge in [0.2, 0.25) is 0 Å². The lowest BCUT2D eigenvalue weighted by molar-refractivity contribution is -0.384. The SMILES string of the molecule is CCN(C(=O)c1ccc(N2CCCC2)c([N+](=O)[O-])c1)C1CN(C(=O)OC(C)(C)C)C1. The standard InChI is InChI=1S/C21H30N4O5/c1-5-24(16-13-23(14-16)20(27)30-21(2,3)4)19(26)15-8-9-17(18(12-15)25(28)29)22-10-6-7-11-22/h8-9,12,16H,5-7,10-11,13-14H2,1-4H3. The second kappa shape index (κ2) is 8.49. The molecule has 0 unspecified atom stereocenters. The second-order valence-corrected chi connectivity index (χ2v) is 8.79. The molecular weight excluding hydrogens is 388 g/mol. The molecule has 9 nitrogen and oxygen atoms in total. The zero-order valence-corrected chi connectivity index (χ0v) is 18.1. The predicted molar refractivity (Wildman–Crippen MR) is 113 cm³/mol. The van der Waals surface area contributed by atoms with Gasteiger partial charge >= 0.3 is 6.09 Å². The molecular formula is C21H30N4O5. The Morgan fingerprint density at radius 2 is 1.87 bits per heavy atom. The summed E-state index contributed by atoms with van der Waals surface area (Å²) in [5.74, 6) is -0.262. The van der Waals surface area contributed by atoms with E-state index < -0.39 is 16.6 Å². The van der Waals surface area contributed by atoms with Gasteiger partial charge in [0.15, 0.2) is 0 Å². The first-order valence-corrected chi connectivity index (χ1v) is 10.4. The monoisotopic (exact) mass is 418 g/mol. The molecule has 1 aromatic carbocycles. The van der Waals surface area contributed by atoms with E-state index in [4.69, 9.17) is 4.74 Å². The summed E-state index contributed by atoms with van der Waals surface area (Å²) in [6.07, 6.45) is 1.63. The van der Waals surface area contributed by atoms with Gasteiger partial charge in [-0.3, -0.25) is 14.9 Å². The summed E-state index contributed by atoms with van der Waals surface area (Å²) in [6, 6.07) is 4.59. The zero-order valence-electron chi connectivity index (χ0n) is 18.1. The third-order valence-electron chi connectivity index (χ3n) is 5.42. The molecule has 3 rings (SSSR count). The van der Waals surface area contributed by atoms with Crippen molar-refractivity contribution in [3.05, 3.63) is 33.9 Å². The molecule has 164 valence electrons. The lowest BCUT2D eigenvalue weighted by Crippen LogP contribution is -2.62. The van der Waals surface area contributed by atoms with Crippen molar-refractivity contribution in [3.8, 4) is 0 Å². The summed E-state index contributed by atoms with van der Waals surface area (Å²) >= 11 is 0. The number of nitro groups is 1. The van der Waals surface area contributed by atoms with Gasteiger partial charge < -0.3 is 19.4 Å². The van der Waals surface area contributed by atoms with Crippen LogP contribution in [0.25, 0.3) is 0 Å². The van der Waals surface area contributed by atoms with Crippen molar-refractivity contribution in [3.63, 3.8) is 0 Å². The maximum absolute atomic E-state index is 13.1. The Labute approximate surface area is 176 Å². The van der Waals surface area contributed by atoms with Crippen molar-refractivity contribution in [1.82, 2.24) is 9.80 Å². The molecule has 2 saturated heterocycles. The van der Waals surface area contributed by atoms with Gasteiger partial charge in [-0.15, -0.1) is 0 Å². The topological polar surface area (TPSA) is 96.2 Å².